The van der Waals surface area contributed by atoms with E-state index in [1.165, 1.54) is 0 Å². The van der Waals surface area contributed by atoms with Crippen LogP contribution in [-0.2, 0) is 19.6 Å². The zero-order chi connectivity index (χ0) is 25.9. The molecular formula is C26H40N4O5S. The van der Waals surface area contributed by atoms with E-state index in [1.807, 2.05) is 25.7 Å². The molecule has 200 valence electrons. The van der Waals surface area contributed by atoms with Gasteiger partial charge in [0, 0.05) is 38.8 Å². The van der Waals surface area contributed by atoms with Gasteiger partial charge < -0.3 is 19.9 Å². The quantitative estimate of drug-likeness (QED) is 0.636. The molecule has 0 spiro atoms. The van der Waals surface area contributed by atoms with E-state index in [9.17, 15) is 18.0 Å². The summed E-state index contributed by atoms with van der Waals surface area (Å²) in [5.41, 5.74) is -0.0932. The van der Waals surface area contributed by atoms with Gasteiger partial charge in [-0.05, 0) is 71.4 Å². The van der Waals surface area contributed by atoms with Crippen LogP contribution in [0.2, 0.25) is 0 Å². The van der Waals surface area contributed by atoms with Crippen LogP contribution in [0.25, 0.3) is 0 Å². The zero-order valence-electron chi connectivity index (χ0n) is 21.7. The van der Waals surface area contributed by atoms with Gasteiger partial charge in [0.2, 0.25) is 15.9 Å². The first-order chi connectivity index (χ1) is 17.1. The summed E-state index contributed by atoms with van der Waals surface area (Å²) in [7, 11) is -3.64. The van der Waals surface area contributed by atoms with Crippen LogP contribution in [0.4, 0.5) is 10.5 Å². The van der Waals surface area contributed by atoms with Crippen molar-refractivity contribution < 1.29 is 22.7 Å². The first-order valence-corrected chi connectivity index (χ1v) is 14.6. The van der Waals surface area contributed by atoms with Gasteiger partial charge in [0.25, 0.3) is 0 Å². The summed E-state index contributed by atoms with van der Waals surface area (Å²) in [4.78, 5) is 30.0. The molecule has 10 heteroatoms. The van der Waals surface area contributed by atoms with E-state index in [2.05, 4.69) is 5.32 Å². The Morgan fingerprint density at radius 1 is 0.972 bits per heavy atom. The Hall–Kier alpha value is -2.33. The van der Waals surface area contributed by atoms with Gasteiger partial charge in [-0.15, -0.1) is 0 Å². The molecule has 1 aromatic rings. The molecule has 2 atom stereocenters. The minimum atomic E-state index is -3.64. The summed E-state index contributed by atoms with van der Waals surface area (Å²) in [5.74, 6) is -0.0394. The predicted octanol–water partition coefficient (Wildman–Crippen LogP) is 3.66. The van der Waals surface area contributed by atoms with Gasteiger partial charge in [-0.1, -0.05) is 18.6 Å². The molecule has 3 saturated heterocycles. The van der Waals surface area contributed by atoms with E-state index >= 15 is 0 Å². The van der Waals surface area contributed by atoms with Crippen molar-refractivity contribution in [2.45, 2.75) is 88.3 Å². The largest absolute Gasteiger partial charge is 0.444 e. The van der Waals surface area contributed by atoms with E-state index in [4.69, 9.17) is 4.74 Å². The number of para-hydroxylation sites is 1. The van der Waals surface area contributed by atoms with Gasteiger partial charge in [-0.25, -0.2) is 13.2 Å². The van der Waals surface area contributed by atoms with Gasteiger partial charge in [0.15, 0.2) is 0 Å². The third-order valence-corrected chi connectivity index (χ3v) is 9.07. The highest BCUT2D eigenvalue weighted by Gasteiger charge is 2.38. The molecule has 1 N–H and O–H groups in total. The second kappa shape index (κ2) is 11.0. The number of nitrogens with one attached hydrogen (secondary N) is 1. The smallest absolute Gasteiger partial charge is 0.410 e. The van der Waals surface area contributed by atoms with Crippen molar-refractivity contribution >= 4 is 27.7 Å². The topological polar surface area (TPSA) is 99.3 Å². The molecule has 3 aliphatic rings. The van der Waals surface area contributed by atoms with E-state index in [0.717, 1.165) is 38.5 Å². The van der Waals surface area contributed by atoms with Crippen molar-refractivity contribution in [3.05, 3.63) is 24.3 Å². The lowest BCUT2D eigenvalue weighted by atomic mass is 9.98. The summed E-state index contributed by atoms with van der Waals surface area (Å²) < 4.78 is 33.9. The third-order valence-electron chi connectivity index (χ3n) is 7.11. The maximum atomic E-state index is 13.6. The molecule has 0 aromatic heterocycles. The predicted molar refractivity (Wildman–Crippen MR) is 138 cm³/mol. The van der Waals surface area contributed by atoms with E-state index in [-0.39, 0.29) is 22.9 Å². The number of piperidine rings is 3. The van der Waals surface area contributed by atoms with Gasteiger partial charge in [0.1, 0.15) is 16.5 Å². The molecule has 3 heterocycles. The number of sulfonamides is 1. The lowest BCUT2D eigenvalue weighted by Crippen LogP contribution is -2.57. The molecule has 36 heavy (non-hydrogen) atoms. The normalized spacial score (nSPS) is 24.5. The number of carbonyl (C=O) groups excluding carboxylic acids is 2. The fourth-order valence-corrected chi connectivity index (χ4v) is 7.01. The van der Waals surface area contributed by atoms with Gasteiger partial charge in [-0.2, -0.15) is 4.31 Å². The highest BCUT2D eigenvalue weighted by molar-refractivity contribution is 7.89. The fourth-order valence-electron chi connectivity index (χ4n) is 5.34. The van der Waals surface area contributed by atoms with E-state index in [0.29, 0.717) is 44.8 Å². The average Bonchev–Trinajstić information content (AvgIpc) is 2.85. The molecule has 0 bridgehead atoms. The van der Waals surface area contributed by atoms with Gasteiger partial charge in [0.05, 0.1) is 5.69 Å². The second-order valence-corrected chi connectivity index (χ2v) is 13.0. The number of benzene rings is 1. The summed E-state index contributed by atoms with van der Waals surface area (Å²) in [5, 5.41) is 3.28. The Morgan fingerprint density at radius 3 is 2.39 bits per heavy atom. The average molecular weight is 521 g/mol. The van der Waals surface area contributed by atoms with Crippen molar-refractivity contribution in [3.63, 3.8) is 0 Å². The van der Waals surface area contributed by atoms with Crippen LogP contribution in [0.3, 0.4) is 0 Å². The number of rotatable bonds is 5. The minimum absolute atomic E-state index is 0.0394. The van der Waals surface area contributed by atoms with Crippen molar-refractivity contribution in [2.24, 2.45) is 0 Å². The molecule has 1 aromatic carbocycles. The Labute approximate surface area is 215 Å². The number of hydrogen-bond acceptors (Lipinski definition) is 6. The lowest BCUT2D eigenvalue weighted by Gasteiger charge is -2.43. The molecule has 2 unspecified atom stereocenters. The summed E-state index contributed by atoms with van der Waals surface area (Å²) in [6.07, 6.45) is 5.52. The molecule has 3 fully saturated rings. The SMILES string of the molecule is CC(C)(C)OC(=O)N1CCCC(N2CCCC(Nc3ccccc3S(=O)(=O)N3CCCCC3)C2=O)C1. The maximum Gasteiger partial charge on any atom is 0.410 e. The van der Waals surface area contributed by atoms with Crippen LogP contribution >= 0.6 is 0 Å². The molecule has 0 aliphatic carbocycles. The second-order valence-electron chi connectivity index (χ2n) is 11.1. The number of hydrogen-bond donors (Lipinski definition) is 1. The van der Waals surface area contributed by atoms with E-state index < -0.39 is 21.7 Å². The van der Waals surface area contributed by atoms with Crippen molar-refractivity contribution in [1.82, 2.24) is 14.1 Å². The number of carbonyl (C=O) groups is 2. The Balaban J connectivity index is 1.46. The van der Waals surface area contributed by atoms with Gasteiger partial charge in [-0.3, -0.25) is 4.79 Å². The minimum Gasteiger partial charge on any atom is -0.444 e. The summed E-state index contributed by atoms with van der Waals surface area (Å²) in [6, 6.07) is 6.31. The highest BCUT2D eigenvalue weighted by Crippen LogP contribution is 2.30. The zero-order valence-corrected chi connectivity index (χ0v) is 22.6. The van der Waals surface area contributed by atoms with Crippen LogP contribution in [0, 0.1) is 0 Å². The van der Waals surface area contributed by atoms with Crippen molar-refractivity contribution in [1.29, 1.82) is 0 Å². The molecule has 4 rings (SSSR count). The molecule has 9 nitrogen and oxygen atoms in total. The number of nitrogens with zero attached hydrogens (tertiary/aromatic N) is 3. The summed E-state index contributed by atoms with van der Waals surface area (Å²) in [6.45, 7) is 8.31. The maximum absolute atomic E-state index is 13.6. The standard InChI is InChI=1S/C26H40N4O5S/c1-26(2,3)35-25(32)28-15-9-11-20(19-28)30-18-10-13-22(24(30)31)27-21-12-5-6-14-23(21)36(33,34)29-16-7-4-8-17-29/h5-6,12,14,20,22,27H,4,7-11,13,15-19H2,1-3H3. The monoisotopic (exact) mass is 520 g/mol. The number of amides is 2. The van der Waals surface area contributed by atoms with Crippen LogP contribution in [0.15, 0.2) is 29.2 Å². The number of anilines is 1. The van der Waals surface area contributed by atoms with E-state index in [1.54, 1.807) is 33.5 Å². The lowest BCUT2D eigenvalue weighted by molar-refractivity contribution is -0.138. The van der Waals surface area contributed by atoms with Crippen molar-refractivity contribution in [2.75, 3.05) is 38.0 Å². The highest BCUT2D eigenvalue weighted by atomic mass is 32.2. The molecule has 3 aliphatic heterocycles. The Bertz CT molecular complexity index is 1050. The molecular weight excluding hydrogens is 480 g/mol. The number of ether oxygens (including phenoxy) is 1. The van der Waals surface area contributed by atoms with Crippen LogP contribution < -0.4 is 5.32 Å². The molecule has 0 saturated carbocycles. The van der Waals surface area contributed by atoms with Crippen molar-refractivity contribution in [3.8, 4) is 0 Å². The van der Waals surface area contributed by atoms with Gasteiger partial charge >= 0.3 is 6.09 Å². The Kier molecular flexibility index (Phi) is 8.14. The number of likely N-dealkylation sites (tertiary alicyclic amines) is 2. The molecule has 0 radical (unpaired) electrons. The molecule has 2 amide bonds. The Morgan fingerprint density at radius 2 is 1.67 bits per heavy atom. The third kappa shape index (κ3) is 6.14. The first-order valence-electron chi connectivity index (χ1n) is 13.2. The van der Waals surface area contributed by atoms with Crippen LogP contribution in [0.1, 0.15) is 65.7 Å². The van der Waals surface area contributed by atoms with Crippen LogP contribution in [-0.4, -0.2) is 84.9 Å². The summed E-state index contributed by atoms with van der Waals surface area (Å²) >= 11 is 0. The van der Waals surface area contributed by atoms with Crippen LogP contribution in [0.5, 0.6) is 0 Å². The fraction of sp³-hybridized carbons (Fsp3) is 0.692. The first kappa shape index (κ1) is 26.7.